The van der Waals surface area contributed by atoms with Gasteiger partial charge in [0.2, 0.25) is 0 Å². The highest BCUT2D eigenvalue weighted by Gasteiger charge is 2.33. The molecule has 15 rings (SSSR count). The van der Waals surface area contributed by atoms with Crippen molar-refractivity contribution in [2.24, 2.45) is 0 Å². The molecule has 2 heterocycles. The maximum atomic E-state index is 7.14. The van der Waals surface area contributed by atoms with Crippen LogP contribution < -0.4 is 26.0 Å². The fraction of sp³-hybridized carbons (Fsp3) is 0. The van der Waals surface area contributed by atoms with Crippen molar-refractivity contribution in [1.82, 2.24) is 0 Å². The smallest absolute Gasteiger partial charge is 0.198 e. The van der Waals surface area contributed by atoms with Gasteiger partial charge in [-0.1, -0.05) is 236 Å². The summed E-state index contributed by atoms with van der Waals surface area (Å²) in [6.07, 6.45) is 0. The van der Waals surface area contributed by atoms with Gasteiger partial charge in [0.15, 0.2) is 12.9 Å². The van der Waals surface area contributed by atoms with Crippen LogP contribution in [0.25, 0.3) is 88.7 Å². The van der Waals surface area contributed by atoms with E-state index in [1.165, 1.54) is 22.3 Å². The Balaban J connectivity index is 0.971. The van der Waals surface area contributed by atoms with Crippen molar-refractivity contribution in [2.45, 2.75) is 0 Å². The van der Waals surface area contributed by atoms with Crippen molar-refractivity contribution in [3.05, 3.63) is 315 Å². The zero-order valence-corrected chi connectivity index (χ0v) is 45.4. The number of benzene rings is 13. The van der Waals surface area contributed by atoms with E-state index >= 15 is 0 Å². The fourth-order valence-electron chi connectivity index (χ4n) is 12.0. The summed E-state index contributed by atoms with van der Waals surface area (Å²) >= 11 is 0. The molecule has 0 unspecified atom stereocenters. The first-order chi connectivity index (χ1) is 41.1. The van der Waals surface area contributed by atoms with Gasteiger partial charge in [0.05, 0.1) is 5.69 Å². The minimum atomic E-state index is 0.826. The Bertz CT molecular complexity index is 4530. The molecule has 5 heteroatoms. The van der Waals surface area contributed by atoms with E-state index in [0.717, 1.165) is 123 Å². The largest absolute Gasteiger partial charge is 0.454 e. The lowest BCUT2D eigenvalue weighted by atomic mass is 9.57. The number of anilines is 8. The second-order valence-corrected chi connectivity index (χ2v) is 21.2. The summed E-state index contributed by atoms with van der Waals surface area (Å²) in [7, 11) is 2.39. The first-order valence-electron chi connectivity index (χ1n) is 28.3. The Labute approximate surface area is 484 Å². The molecule has 1 N–H and O–H groups in total. The molecule has 0 saturated heterocycles. The lowest BCUT2D eigenvalue weighted by Crippen LogP contribution is -2.41. The third-order valence-electron chi connectivity index (χ3n) is 16.1. The topological polar surface area (TPSA) is 31.6 Å². The quantitative estimate of drug-likeness (QED) is 0.124. The number of hydrogen-bond donors (Lipinski definition) is 1. The fourth-order valence-corrected chi connectivity index (χ4v) is 12.0. The standard InChI is InChI=1S/C78H53BN3O/c1-6-18-53(19-7-1)58-30-39-63(40-31-58)80-73-48-47-67(81(64-41-32-59(33-42-64)54-20-8-2-9-21-54)65-43-34-60(35-44-65)55-22-10-3-11-23-55)51-69(73)70-52-71-68-28-16-17-29-75(68)83-78(71)77-76(70)79-72-50-62(57-26-14-5-15-27-57)38-49-74(72)82(77)66-45-36-61(37-46-66)56-24-12-4-13-25-56/h1-52,80H. The monoisotopic (exact) mass is 1060 g/mol. The van der Waals surface area contributed by atoms with Gasteiger partial charge < -0.3 is 19.5 Å². The molecule has 1 radical (unpaired) electrons. The second-order valence-electron chi connectivity index (χ2n) is 21.2. The Morgan fingerprint density at radius 3 is 1.30 bits per heavy atom. The second kappa shape index (κ2) is 21.3. The van der Waals surface area contributed by atoms with Crippen molar-refractivity contribution >= 4 is 85.6 Å². The molecule has 13 aromatic carbocycles. The molecule has 0 atom stereocenters. The number of nitrogens with zero attached hydrogens (tertiary/aromatic N) is 2. The Morgan fingerprint density at radius 2 is 0.771 bits per heavy atom. The summed E-state index contributed by atoms with van der Waals surface area (Å²) in [5, 5.41) is 6.06. The number of para-hydroxylation sites is 1. The zero-order chi connectivity index (χ0) is 55.1. The first kappa shape index (κ1) is 49.2. The van der Waals surface area contributed by atoms with E-state index in [1.807, 2.05) is 0 Å². The van der Waals surface area contributed by atoms with Gasteiger partial charge in [-0.15, -0.1) is 0 Å². The van der Waals surface area contributed by atoms with Crippen LogP contribution in [0.4, 0.5) is 45.5 Å². The van der Waals surface area contributed by atoms with Crippen LogP contribution in [0, 0.1) is 0 Å². The van der Waals surface area contributed by atoms with Gasteiger partial charge in [-0.25, -0.2) is 0 Å². The molecule has 0 fully saturated rings. The highest BCUT2D eigenvalue weighted by Crippen LogP contribution is 2.48. The molecule has 0 bridgehead atoms. The van der Waals surface area contributed by atoms with E-state index in [1.54, 1.807) is 0 Å². The first-order valence-corrected chi connectivity index (χ1v) is 28.3. The molecule has 0 aliphatic carbocycles. The van der Waals surface area contributed by atoms with E-state index in [0.29, 0.717) is 0 Å². The molecular formula is C78H53BN3O. The molecule has 389 valence electrons. The van der Waals surface area contributed by atoms with Crippen molar-refractivity contribution in [3.63, 3.8) is 0 Å². The van der Waals surface area contributed by atoms with Crippen LogP contribution in [0.3, 0.4) is 0 Å². The lowest BCUT2D eigenvalue weighted by Gasteiger charge is -2.35. The minimum Gasteiger partial charge on any atom is -0.454 e. The van der Waals surface area contributed by atoms with Gasteiger partial charge >= 0.3 is 0 Å². The average molecular weight is 1060 g/mol. The van der Waals surface area contributed by atoms with Crippen molar-refractivity contribution < 1.29 is 4.42 Å². The Morgan fingerprint density at radius 1 is 0.337 bits per heavy atom. The number of fused-ring (bicyclic) bond motifs is 6. The van der Waals surface area contributed by atoms with E-state index in [-0.39, 0.29) is 0 Å². The maximum Gasteiger partial charge on any atom is 0.198 e. The van der Waals surface area contributed by atoms with Crippen molar-refractivity contribution in [1.29, 1.82) is 0 Å². The van der Waals surface area contributed by atoms with Crippen LogP contribution in [0.5, 0.6) is 0 Å². The van der Waals surface area contributed by atoms with Gasteiger partial charge in [-0.2, -0.15) is 0 Å². The number of furan rings is 1. The highest BCUT2D eigenvalue weighted by molar-refractivity contribution is 6.74. The van der Waals surface area contributed by atoms with Crippen LogP contribution in [-0.2, 0) is 0 Å². The summed E-state index contributed by atoms with van der Waals surface area (Å²) in [5.74, 6) is 0. The average Bonchev–Trinajstić information content (AvgIpc) is 2.50. The van der Waals surface area contributed by atoms with Crippen LogP contribution in [0.15, 0.2) is 320 Å². The highest BCUT2D eigenvalue weighted by atomic mass is 16.3. The molecule has 83 heavy (non-hydrogen) atoms. The number of hydrogen-bond acceptors (Lipinski definition) is 4. The summed E-state index contributed by atoms with van der Waals surface area (Å²) in [6, 6.07) is 113. The van der Waals surface area contributed by atoms with E-state index < -0.39 is 0 Å². The van der Waals surface area contributed by atoms with Crippen LogP contribution in [-0.4, -0.2) is 7.28 Å². The normalized spacial score (nSPS) is 11.7. The van der Waals surface area contributed by atoms with E-state index in [4.69, 9.17) is 4.42 Å². The molecule has 1 aromatic heterocycles. The van der Waals surface area contributed by atoms with Gasteiger partial charge in [-0.05, 0) is 152 Å². The molecule has 1 aliphatic rings. The summed E-state index contributed by atoms with van der Waals surface area (Å²) in [6.45, 7) is 0. The predicted octanol–water partition coefficient (Wildman–Crippen LogP) is 20.2. The summed E-state index contributed by atoms with van der Waals surface area (Å²) in [5.41, 5.74) is 25.6. The maximum absolute atomic E-state index is 7.14. The summed E-state index contributed by atoms with van der Waals surface area (Å²) in [4.78, 5) is 4.81. The van der Waals surface area contributed by atoms with Gasteiger partial charge in [0.25, 0.3) is 0 Å². The predicted molar refractivity (Wildman–Crippen MR) is 350 cm³/mol. The third-order valence-corrected chi connectivity index (χ3v) is 16.1. The number of rotatable bonds is 12. The lowest BCUT2D eigenvalue weighted by molar-refractivity contribution is 0.669. The Kier molecular flexibility index (Phi) is 12.6. The van der Waals surface area contributed by atoms with E-state index in [9.17, 15) is 0 Å². The molecule has 14 aromatic rings. The molecular weight excluding hydrogens is 1010 g/mol. The van der Waals surface area contributed by atoms with Gasteiger partial charge in [0, 0.05) is 56.1 Å². The minimum absolute atomic E-state index is 0.826. The molecule has 0 spiro atoms. The van der Waals surface area contributed by atoms with Crippen molar-refractivity contribution in [2.75, 3.05) is 15.1 Å². The SMILES string of the molecule is [B]1c2cc(-c3ccccc3)ccc2N(c2ccc(-c3ccccc3)cc2)c2c1c(-c1cc(N(c3ccc(-c4ccccc4)cc3)c3ccc(-c4ccccc4)cc3)ccc1Nc1ccc(-c3ccccc3)cc1)cc1c2oc2ccccc21. The van der Waals surface area contributed by atoms with Gasteiger partial charge in [-0.3, -0.25) is 0 Å². The Hall–Kier alpha value is -10.9. The molecule has 0 saturated carbocycles. The van der Waals surface area contributed by atoms with Crippen LogP contribution in [0.2, 0.25) is 0 Å². The molecule has 1 aliphatic heterocycles. The van der Waals surface area contributed by atoms with Gasteiger partial charge in [0.1, 0.15) is 5.58 Å². The summed E-state index contributed by atoms with van der Waals surface area (Å²) < 4.78 is 7.14. The van der Waals surface area contributed by atoms with Crippen LogP contribution in [0.1, 0.15) is 0 Å². The van der Waals surface area contributed by atoms with E-state index in [2.05, 4.69) is 338 Å². The number of nitrogens with one attached hydrogen (secondary N) is 1. The van der Waals surface area contributed by atoms with Crippen molar-refractivity contribution in [3.8, 4) is 66.8 Å². The zero-order valence-electron chi connectivity index (χ0n) is 45.4. The van der Waals surface area contributed by atoms with Crippen LogP contribution >= 0.6 is 0 Å². The molecule has 4 nitrogen and oxygen atoms in total. The third kappa shape index (κ3) is 9.40. The molecule has 0 amide bonds.